The molecule has 2 fully saturated rings. The number of carbonyl (C=O) groups excluding carboxylic acids is 2. The van der Waals surface area contributed by atoms with Gasteiger partial charge < -0.3 is 24.6 Å². The number of aliphatic hydroxyl groups excluding tert-OH is 1. The molecular formula is C24H27N3O6. The van der Waals surface area contributed by atoms with E-state index in [9.17, 15) is 19.8 Å². The number of rotatable bonds is 7. The number of aromatic nitrogens is 1. The van der Waals surface area contributed by atoms with Crippen LogP contribution in [0, 0.1) is 0 Å². The number of amides is 1. The van der Waals surface area contributed by atoms with Crippen LogP contribution in [0.3, 0.4) is 0 Å². The molecule has 1 amide bonds. The first-order chi connectivity index (χ1) is 16.0. The summed E-state index contributed by atoms with van der Waals surface area (Å²) >= 11 is 0. The van der Waals surface area contributed by atoms with Crippen molar-refractivity contribution in [3.8, 4) is 11.5 Å². The molecule has 2 aliphatic rings. The number of methoxy groups -OCH3 is 1. The van der Waals surface area contributed by atoms with Gasteiger partial charge in [0, 0.05) is 44.1 Å². The van der Waals surface area contributed by atoms with Crippen LogP contribution in [-0.2, 0) is 14.3 Å². The molecule has 9 nitrogen and oxygen atoms in total. The summed E-state index contributed by atoms with van der Waals surface area (Å²) in [6.07, 6.45) is 3.67. The largest absolute Gasteiger partial charge is 0.507 e. The molecule has 0 saturated carbocycles. The van der Waals surface area contributed by atoms with Crippen molar-refractivity contribution >= 4 is 17.4 Å². The first kappa shape index (κ1) is 22.8. The molecule has 174 valence electrons. The summed E-state index contributed by atoms with van der Waals surface area (Å²) in [6, 6.07) is 7.02. The van der Waals surface area contributed by atoms with E-state index in [4.69, 9.17) is 9.47 Å². The van der Waals surface area contributed by atoms with Gasteiger partial charge in [0.15, 0.2) is 11.5 Å². The molecule has 0 spiro atoms. The maximum atomic E-state index is 13.1. The second-order valence-electron chi connectivity index (χ2n) is 7.97. The summed E-state index contributed by atoms with van der Waals surface area (Å²) in [6.45, 7) is 4.14. The predicted octanol–water partition coefficient (Wildman–Crippen LogP) is 1.94. The van der Waals surface area contributed by atoms with Gasteiger partial charge in [0.2, 0.25) is 0 Å². The SMILES string of the molecule is COc1cc(C2C(=C(O)c3ccncc3)C(=O)C(=O)N2CCCN2CCOCC2)ccc1O. The molecule has 2 aliphatic heterocycles. The number of phenols is 1. The standard InChI is InChI=1S/C24H27N3O6/c1-32-19-15-17(3-4-18(19)28)21-20(22(29)16-5-7-25-8-6-16)23(30)24(31)27(21)10-2-9-26-11-13-33-14-12-26/h3-8,15,21,28-29H,2,9-14H2,1H3. The second-order valence-corrected chi connectivity index (χ2v) is 7.97. The number of aliphatic hydroxyl groups is 1. The third-order valence-corrected chi connectivity index (χ3v) is 5.99. The number of ether oxygens (including phenoxy) is 2. The van der Waals surface area contributed by atoms with Crippen LogP contribution in [-0.4, -0.2) is 83.2 Å². The number of ketones is 1. The Bertz CT molecular complexity index is 1050. The van der Waals surface area contributed by atoms with E-state index in [0.29, 0.717) is 37.3 Å². The number of likely N-dealkylation sites (tertiary alicyclic amines) is 1. The van der Waals surface area contributed by atoms with Crippen LogP contribution in [0.5, 0.6) is 11.5 Å². The van der Waals surface area contributed by atoms with Crippen LogP contribution < -0.4 is 4.74 Å². The van der Waals surface area contributed by atoms with Crippen molar-refractivity contribution in [3.05, 3.63) is 59.4 Å². The number of hydrogen-bond donors (Lipinski definition) is 2. The lowest BCUT2D eigenvalue weighted by atomic mass is 9.95. The van der Waals surface area contributed by atoms with Gasteiger partial charge >= 0.3 is 0 Å². The van der Waals surface area contributed by atoms with Gasteiger partial charge in [-0.15, -0.1) is 0 Å². The highest BCUT2D eigenvalue weighted by molar-refractivity contribution is 6.46. The van der Waals surface area contributed by atoms with Gasteiger partial charge in [0.05, 0.1) is 31.9 Å². The lowest BCUT2D eigenvalue weighted by Gasteiger charge is -2.29. The first-order valence-electron chi connectivity index (χ1n) is 10.9. The Morgan fingerprint density at radius 2 is 1.88 bits per heavy atom. The Balaban J connectivity index is 1.69. The van der Waals surface area contributed by atoms with Gasteiger partial charge in [0.1, 0.15) is 5.76 Å². The highest BCUT2D eigenvalue weighted by Crippen LogP contribution is 2.41. The Hall–Kier alpha value is -3.43. The third kappa shape index (κ3) is 4.69. The number of morpholine rings is 1. The summed E-state index contributed by atoms with van der Waals surface area (Å²) in [7, 11) is 1.43. The molecule has 2 saturated heterocycles. The van der Waals surface area contributed by atoms with Crippen molar-refractivity contribution in [2.45, 2.75) is 12.5 Å². The lowest BCUT2D eigenvalue weighted by molar-refractivity contribution is -0.140. The Morgan fingerprint density at radius 3 is 2.58 bits per heavy atom. The minimum Gasteiger partial charge on any atom is -0.507 e. The van der Waals surface area contributed by atoms with E-state index < -0.39 is 17.7 Å². The fourth-order valence-electron chi connectivity index (χ4n) is 4.28. The number of Topliss-reactive ketones (excluding diaryl/α,β-unsaturated/α-hetero) is 1. The normalized spacial score (nSPS) is 20.9. The third-order valence-electron chi connectivity index (χ3n) is 5.99. The fraction of sp³-hybridized carbons (Fsp3) is 0.375. The summed E-state index contributed by atoms with van der Waals surface area (Å²) in [5.41, 5.74) is 0.961. The first-order valence-corrected chi connectivity index (χ1v) is 10.9. The van der Waals surface area contributed by atoms with E-state index in [-0.39, 0.29) is 22.8 Å². The summed E-state index contributed by atoms with van der Waals surface area (Å²) in [4.78, 5) is 33.8. The monoisotopic (exact) mass is 453 g/mol. The molecule has 4 rings (SSSR count). The number of carbonyl (C=O) groups is 2. The Morgan fingerprint density at radius 1 is 1.15 bits per heavy atom. The minimum absolute atomic E-state index is 0.00492. The zero-order valence-corrected chi connectivity index (χ0v) is 18.4. The quantitative estimate of drug-likeness (QED) is 0.372. The molecule has 2 N–H and O–H groups in total. The minimum atomic E-state index is -0.808. The fourth-order valence-corrected chi connectivity index (χ4v) is 4.28. The van der Waals surface area contributed by atoms with Crippen molar-refractivity contribution in [2.75, 3.05) is 46.5 Å². The number of phenolic OH excluding ortho intramolecular Hbond substituents is 1. The van der Waals surface area contributed by atoms with Crippen molar-refractivity contribution in [3.63, 3.8) is 0 Å². The molecule has 1 unspecified atom stereocenters. The average molecular weight is 453 g/mol. The van der Waals surface area contributed by atoms with Gasteiger partial charge in [-0.1, -0.05) is 6.07 Å². The van der Waals surface area contributed by atoms with Crippen molar-refractivity contribution in [2.24, 2.45) is 0 Å². The molecule has 9 heteroatoms. The van der Waals surface area contributed by atoms with Crippen LogP contribution >= 0.6 is 0 Å². The zero-order chi connectivity index (χ0) is 23.4. The van der Waals surface area contributed by atoms with Crippen LogP contribution in [0.25, 0.3) is 5.76 Å². The van der Waals surface area contributed by atoms with Crippen LogP contribution in [0.1, 0.15) is 23.6 Å². The van der Waals surface area contributed by atoms with E-state index in [1.807, 2.05) is 0 Å². The van der Waals surface area contributed by atoms with Gasteiger partial charge in [-0.25, -0.2) is 0 Å². The number of aromatic hydroxyl groups is 1. The summed E-state index contributed by atoms with van der Waals surface area (Å²) in [5, 5.41) is 21.0. The van der Waals surface area contributed by atoms with Crippen LogP contribution in [0.15, 0.2) is 48.3 Å². The molecule has 0 radical (unpaired) electrons. The summed E-state index contributed by atoms with van der Waals surface area (Å²) < 4.78 is 10.6. The molecule has 2 aromatic rings. The number of benzene rings is 1. The molecular weight excluding hydrogens is 426 g/mol. The van der Waals surface area contributed by atoms with E-state index in [0.717, 1.165) is 19.6 Å². The van der Waals surface area contributed by atoms with Gasteiger partial charge in [-0.05, 0) is 36.2 Å². The molecule has 1 aromatic heterocycles. The van der Waals surface area contributed by atoms with E-state index in [2.05, 4.69) is 9.88 Å². The maximum Gasteiger partial charge on any atom is 0.295 e. The highest BCUT2D eigenvalue weighted by Gasteiger charge is 2.46. The van der Waals surface area contributed by atoms with E-state index >= 15 is 0 Å². The molecule has 1 aromatic carbocycles. The molecule has 0 aliphatic carbocycles. The smallest absolute Gasteiger partial charge is 0.295 e. The average Bonchev–Trinajstić information content (AvgIpc) is 3.10. The molecule has 3 heterocycles. The zero-order valence-electron chi connectivity index (χ0n) is 18.4. The topological polar surface area (TPSA) is 112 Å². The van der Waals surface area contributed by atoms with Gasteiger partial charge in [-0.2, -0.15) is 0 Å². The highest BCUT2D eigenvalue weighted by atomic mass is 16.5. The number of hydrogen-bond acceptors (Lipinski definition) is 8. The van der Waals surface area contributed by atoms with Crippen LogP contribution in [0.2, 0.25) is 0 Å². The maximum absolute atomic E-state index is 13.1. The van der Waals surface area contributed by atoms with E-state index in [1.54, 1.807) is 24.3 Å². The van der Waals surface area contributed by atoms with E-state index in [1.165, 1.54) is 30.5 Å². The van der Waals surface area contributed by atoms with Gasteiger partial charge in [0.25, 0.3) is 11.7 Å². The van der Waals surface area contributed by atoms with Crippen molar-refractivity contribution in [1.82, 2.24) is 14.8 Å². The Kier molecular flexibility index (Phi) is 6.90. The summed E-state index contributed by atoms with van der Waals surface area (Å²) in [5.74, 6) is -1.50. The number of nitrogens with zero attached hydrogens (tertiary/aromatic N) is 3. The van der Waals surface area contributed by atoms with Crippen molar-refractivity contribution in [1.29, 1.82) is 0 Å². The Labute approximate surface area is 191 Å². The molecule has 0 bridgehead atoms. The lowest BCUT2D eigenvalue weighted by Crippen LogP contribution is -2.38. The van der Waals surface area contributed by atoms with Gasteiger partial charge in [-0.3, -0.25) is 19.5 Å². The van der Waals surface area contributed by atoms with Crippen LogP contribution in [0.4, 0.5) is 0 Å². The second kappa shape index (κ2) is 10.0. The molecule has 33 heavy (non-hydrogen) atoms. The molecule has 1 atom stereocenters. The predicted molar refractivity (Wildman–Crippen MR) is 120 cm³/mol. The van der Waals surface area contributed by atoms with Crippen molar-refractivity contribution < 1.29 is 29.3 Å². The number of pyridine rings is 1.